The lowest BCUT2D eigenvalue weighted by Crippen LogP contribution is -2.30. The average molecular weight is 218 g/mol. The number of anilines is 2. The lowest BCUT2D eigenvalue weighted by Gasteiger charge is -2.22. The first kappa shape index (κ1) is 9.97. The smallest absolute Gasteiger partial charge is 0.0750 e. The molecule has 0 spiro atoms. The second kappa shape index (κ2) is 3.98. The number of ether oxygens (including phenoxy) is 1. The van der Waals surface area contributed by atoms with Crippen molar-refractivity contribution < 1.29 is 4.74 Å². The summed E-state index contributed by atoms with van der Waals surface area (Å²) >= 11 is 0. The standard InChI is InChI=1S/C13H18N2O/c14-12-4-1-5-13-11(12)6-7-15(13)9-10-3-2-8-16-10/h1,4-5,10H,2-3,6-9,14H2/t10-/m1/s1. The van der Waals surface area contributed by atoms with Crippen molar-refractivity contribution in [2.75, 3.05) is 30.3 Å². The summed E-state index contributed by atoms with van der Waals surface area (Å²) in [4.78, 5) is 2.42. The van der Waals surface area contributed by atoms with Gasteiger partial charge in [-0.15, -0.1) is 0 Å². The number of fused-ring (bicyclic) bond motifs is 1. The highest BCUT2D eigenvalue weighted by Crippen LogP contribution is 2.32. The first-order valence-corrected chi connectivity index (χ1v) is 6.08. The first-order chi connectivity index (χ1) is 7.84. The van der Waals surface area contributed by atoms with E-state index >= 15 is 0 Å². The Labute approximate surface area is 96.2 Å². The van der Waals surface area contributed by atoms with Crippen LogP contribution in [-0.4, -0.2) is 25.8 Å². The van der Waals surface area contributed by atoms with Gasteiger partial charge in [-0.05, 0) is 31.4 Å². The van der Waals surface area contributed by atoms with Crippen molar-refractivity contribution in [1.82, 2.24) is 0 Å². The Morgan fingerprint density at radius 1 is 1.44 bits per heavy atom. The molecular weight excluding hydrogens is 200 g/mol. The topological polar surface area (TPSA) is 38.5 Å². The molecule has 86 valence electrons. The molecule has 3 heteroatoms. The second-order valence-electron chi connectivity index (χ2n) is 4.68. The summed E-state index contributed by atoms with van der Waals surface area (Å²) in [6, 6.07) is 6.21. The minimum absolute atomic E-state index is 0.424. The molecule has 1 atom stereocenters. The molecule has 0 saturated carbocycles. The van der Waals surface area contributed by atoms with Gasteiger partial charge in [0.2, 0.25) is 0 Å². The van der Waals surface area contributed by atoms with E-state index in [0.29, 0.717) is 6.10 Å². The van der Waals surface area contributed by atoms with E-state index in [9.17, 15) is 0 Å². The highest BCUT2D eigenvalue weighted by Gasteiger charge is 2.25. The van der Waals surface area contributed by atoms with Crippen molar-refractivity contribution in [3.8, 4) is 0 Å². The molecular formula is C13H18N2O. The number of benzene rings is 1. The van der Waals surface area contributed by atoms with E-state index in [-0.39, 0.29) is 0 Å². The fraction of sp³-hybridized carbons (Fsp3) is 0.538. The molecule has 0 bridgehead atoms. The molecule has 1 aromatic rings. The molecule has 0 aromatic heterocycles. The van der Waals surface area contributed by atoms with Crippen molar-refractivity contribution in [3.63, 3.8) is 0 Å². The fourth-order valence-electron chi connectivity index (χ4n) is 2.75. The van der Waals surface area contributed by atoms with Gasteiger partial charge in [-0.2, -0.15) is 0 Å². The second-order valence-corrected chi connectivity index (χ2v) is 4.68. The third kappa shape index (κ3) is 1.65. The Bertz CT molecular complexity index is 386. The van der Waals surface area contributed by atoms with Gasteiger partial charge in [0.25, 0.3) is 0 Å². The van der Waals surface area contributed by atoms with Crippen LogP contribution in [0.2, 0.25) is 0 Å². The lowest BCUT2D eigenvalue weighted by atomic mass is 10.1. The van der Waals surface area contributed by atoms with Gasteiger partial charge in [0.15, 0.2) is 0 Å². The number of hydrogen-bond acceptors (Lipinski definition) is 3. The van der Waals surface area contributed by atoms with Gasteiger partial charge < -0.3 is 15.4 Å². The highest BCUT2D eigenvalue weighted by atomic mass is 16.5. The van der Waals surface area contributed by atoms with Gasteiger partial charge in [-0.25, -0.2) is 0 Å². The number of rotatable bonds is 2. The van der Waals surface area contributed by atoms with Crippen molar-refractivity contribution in [3.05, 3.63) is 23.8 Å². The summed E-state index contributed by atoms with van der Waals surface area (Å²) in [5, 5.41) is 0. The molecule has 2 N–H and O–H groups in total. The van der Waals surface area contributed by atoms with Crippen LogP contribution in [0.5, 0.6) is 0 Å². The summed E-state index contributed by atoms with van der Waals surface area (Å²) < 4.78 is 5.69. The predicted molar refractivity (Wildman–Crippen MR) is 65.7 cm³/mol. The van der Waals surface area contributed by atoms with E-state index in [1.54, 1.807) is 0 Å². The summed E-state index contributed by atoms with van der Waals surface area (Å²) in [5.41, 5.74) is 9.56. The van der Waals surface area contributed by atoms with Crippen LogP contribution in [0.1, 0.15) is 18.4 Å². The number of nitrogens with two attached hydrogens (primary N) is 1. The molecule has 2 aliphatic heterocycles. The molecule has 2 aliphatic rings. The molecule has 0 aliphatic carbocycles. The molecule has 3 nitrogen and oxygen atoms in total. The van der Waals surface area contributed by atoms with Gasteiger partial charge in [0.05, 0.1) is 6.10 Å². The van der Waals surface area contributed by atoms with Crippen molar-refractivity contribution in [2.24, 2.45) is 0 Å². The fourth-order valence-corrected chi connectivity index (χ4v) is 2.75. The van der Waals surface area contributed by atoms with E-state index in [0.717, 1.165) is 31.8 Å². The zero-order valence-electron chi connectivity index (χ0n) is 9.48. The van der Waals surface area contributed by atoms with Crippen LogP contribution in [0.15, 0.2) is 18.2 Å². The van der Waals surface area contributed by atoms with Crippen LogP contribution in [0.3, 0.4) is 0 Å². The Balaban J connectivity index is 1.78. The van der Waals surface area contributed by atoms with Crippen LogP contribution in [-0.2, 0) is 11.2 Å². The van der Waals surface area contributed by atoms with Crippen molar-refractivity contribution in [2.45, 2.75) is 25.4 Å². The SMILES string of the molecule is Nc1cccc2c1CCN2C[C@H]1CCCO1. The lowest BCUT2D eigenvalue weighted by molar-refractivity contribution is 0.116. The molecule has 0 radical (unpaired) electrons. The van der Waals surface area contributed by atoms with E-state index in [4.69, 9.17) is 10.5 Å². The number of nitrogen functional groups attached to an aromatic ring is 1. The summed E-state index contributed by atoms with van der Waals surface area (Å²) in [6.45, 7) is 3.04. The molecule has 1 fully saturated rings. The third-order valence-electron chi connectivity index (χ3n) is 3.61. The molecule has 1 aromatic carbocycles. The molecule has 0 amide bonds. The normalized spacial score (nSPS) is 23.8. The maximum absolute atomic E-state index is 5.98. The van der Waals surface area contributed by atoms with Gasteiger partial charge in [0.1, 0.15) is 0 Å². The van der Waals surface area contributed by atoms with Crippen molar-refractivity contribution >= 4 is 11.4 Å². The van der Waals surface area contributed by atoms with Crippen LogP contribution in [0.4, 0.5) is 11.4 Å². The largest absolute Gasteiger partial charge is 0.398 e. The Kier molecular flexibility index (Phi) is 2.48. The van der Waals surface area contributed by atoms with E-state index in [1.807, 2.05) is 12.1 Å². The van der Waals surface area contributed by atoms with E-state index in [2.05, 4.69) is 11.0 Å². The van der Waals surface area contributed by atoms with Crippen LogP contribution < -0.4 is 10.6 Å². The third-order valence-corrected chi connectivity index (χ3v) is 3.61. The highest BCUT2D eigenvalue weighted by molar-refractivity contribution is 5.68. The monoisotopic (exact) mass is 218 g/mol. The predicted octanol–water partition coefficient (Wildman–Crippen LogP) is 1.81. The summed E-state index contributed by atoms with van der Waals surface area (Å²) in [5.74, 6) is 0. The molecule has 16 heavy (non-hydrogen) atoms. The van der Waals surface area contributed by atoms with Crippen LogP contribution in [0, 0.1) is 0 Å². The maximum atomic E-state index is 5.98. The molecule has 3 rings (SSSR count). The van der Waals surface area contributed by atoms with Gasteiger partial charge in [-0.1, -0.05) is 6.07 Å². The Morgan fingerprint density at radius 3 is 3.19 bits per heavy atom. The van der Waals surface area contributed by atoms with Crippen LogP contribution in [0.25, 0.3) is 0 Å². The molecule has 2 heterocycles. The summed E-state index contributed by atoms with van der Waals surface area (Å²) in [7, 11) is 0. The minimum Gasteiger partial charge on any atom is -0.398 e. The first-order valence-electron chi connectivity index (χ1n) is 6.08. The number of nitrogens with zero attached hydrogens (tertiary/aromatic N) is 1. The van der Waals surface area contributed by atoms with Gasteiger partial charge in [0, 0.05) is 36.6 Å². The minimum atomic E-state index is 0.424. The maximum Gasteiger partial charge on any atom is 0.0750 e. The van der Waals surface area contributed by atoms with E-state index < -0.39 is 0 Å². The van der Waals surface area contributed by atoms with E-state index in [1.165, 1.54) is 24.1 Å². The molecule has 0 unspecified atom stereocenters. The van der Waals surface area contributed by atoms with Gasteiger partial charge in [-0.3, -0.25) is 0 Å². The Morgan fingerprint density at radius 2 is 2.38 bits per heavy atom. The average Bonchev–Trinajstić information content (AvgIpc) is 2.90. The Hall–Kier alpha value is -1.22. The summed E-state index contributed by atoms with van der Waals surface area (Å²) in [6.07, 6.45) is 3.91. The van der Waals surface area contributed by atoms with Crippen molar-refractivity contribution in [1.29, 1.82) is 0 Å². The number of hydrogen-bond donors (Lipinski definition) is 1. The van der Waals surface area contributed by atoms with Gasteiger partial charge >= 0.3 is 0 Å². The molecule has 1 saturated heterocycles. The zero-order chi connectivity index (χ0) is 11.0. The quantitative estimate of drug-likeness (QED) is 0.769. The van der Waals surface area contributed by atoms with Crippen LogP contribution >= 0.6 is 0 Å². The zero-order valence-corrected chi connectivity index (χ0v) is 9.48.